The molecule has 62 nitrogen and oxygen atoms in total. The van der Waals surface area contributed by atoms with Crippen LogP contribution in [0.1, 0.15) is 48.5 Å². The van der Waals surface area contributed by atoms with Crippen LogP contribution < -0.4 is 31.9 Å². The van der Waals surface area contributed by atoms with E-state index in [0.29, 0.717) is 0 Å². The topological polar surface area (TPSA) is 942 Å². The summed E-state index contributed by atoms with van der Waals surface area (Å²) in [6, 6.07) is -12.0. The summed E-state index contributed by atoms with van der Waals surface area (Å²) in [5.74, 6) is -5.95. The number of hydrogen-bond donors (Lipinski definition) is 31. The Kier molecular flexibility index (Phi) is 40.2. The first-order valence-electron chi connectivity index (χ1n) is 42.3. The number of carbonyl (C=O) groups excluding carboxylic acids is 6. The maximum Gasteiger partial charge on any atom is 0.397 e. The minimum Gasteiger partial charge on any atom is -0.394 e. The normalized spacial score (nSPS) is 45.9. The summed E-state index contributed by atoms with van der Waals surface area (Å²) in [6.45, 7) is -4.28. The van der Waals surface area contributed by atoms with Crippen LogP contribution in [0.25, 0.3) is 0 Å². The fourth-order valence-corrected chi connectivity index (χ4v) is 18.1. The molecular formula is C72H120N6O56S2. The lowest BCUT2D eigenvalue weighted by molar-refractivity contribution is -0.398. The number of hydrogen-bond acceptors (Lipinski definition) is 54. The predicted molar refractivity (Wildman–Crippen MR) is 419 cm³/mol. The smallest absolute Gasteiger partial charge is 0.394 e. The van der Waals surface area contributed by atoms with E-state index < -0.39 is 422 Å². The molecule has 0 radical (unpaired) electrons. The maximum atomic E-state index is 13.3. The van der Waals surface area contributed by atoms with Gasteiger partial charge in [-0.15, -0.1) is 0 Å². The number of rotatable bonds is 37. The monoisotopic (exact) mass is 2030 g/mol. The number of aliphatic hydroxyl groups excluding tert-OH is 23. The van der Waals surface area contributed by atoms with Crippen molar-refractivity contribution in [2.24, 2.45) is 0 Å². The minimum atomic E-state index is -5.47. The highest BCUT2D eigenvalue weighted by molar-refractivity contribution is 7.81. The lowest BCUT2D eigenvalue weighted by Gasteiger charge is -2.51. The highest BCUT2D eigenvalue weighted by Crippen LogP contribution is 2.41. The third kappa shape index (κ3) is 26.7. The van der Waals surface area contributed by atoms with Crippen molar-refractivity contribution < 1.29 is 271 Å². The lowest BCUT2D eigenvalue weighted by Crippen LogP contribution is -2.71. The van der Waals surface area contributed by atoms with Gasteiger partial charge in [0.2, 0.25) is 35.4 Å². The Bertz CT molecular complexity index is 4120. The molecule has 0 aromatic heterocycles. The zero-order valence-electron chi connectivity index (χ0n) is 72.9. The Morgan fingerprint density at radius 1 is 0.243 bits per heavy atom. The van der Waals surface area contributed by atoms with Gasteiger partial charge in [-0.3, -0.25) is 37.9 Å². The molecule has 10 rings (SSSR count). The highest BCUT2D eigenvalue weighted by Gasteiger charge is 2.63. The van der Waals surface area contributed by atoms with Crippen LogP contribution in [0.3, 0.4) is 0 Å². The van der Waals surface area contributed by atoms with E-state index in [2.05, 4.69) is 40.3 Å². The van der Waals surface area contributed by atoms with Gasteiger partial charge in [-0.2, -0.15) is 16.8 Å². The van der Waals surface area contributed by atoms with E-state index >= 15 is 0 Å². The molecule has 31 N–H and O–H groups in total. The first-order chi connectivity index (χ1) is 63.8. The van der Waals surface area contributed by atoms with Crippen molar-refractivity contribution in [1.82, 2.24) is 31.9 Å². The van der Waals surface area contributed by atoms with E-state index in [9.17, 15) is 172 Å². The van der Waals surface area contributed by atoms with Gasteiger partial charge in [0.05, 0.1) is 65.6 Å². The third-order valence-electron chi connectivity index (χ3n) is 23.6. The fraction of sp³-hybridized carbons (Fsp3) is 0.917. The molecule has 0 saturated carbocycles. The van der Waals surface area contributed by atoms with E-state index in [0.717, 1.165) is 41.5 Å². The summed E-state index contributed by atoms with van der Waals surface area (Å²) in [6.07, 6.45) is -96.0. The maximum absolute atomic E-state index is 13.3. The van der Waals surface area contributed by atoms with Crippen LogP contribution in [0.2, 0.25) is 0 Å². The van der Waals surface area contributed by atoms with Crippen molar-refractivity contribution in [3.05, 3.63) is 0 Å². The Balaban J connectivity index is 0.998. The number of nitrogens with one attached hydrogen (secondary N) is 6. The molecule has 6 amide bonds. The molecule has 10 aliphatic rings. The molecule has 0 aliphatic carbocycles. The van der Waals surface area contributed by atoms with Gasteiger partial charge in [-0.25, -0.2) is 8.37 Å². The second kappa shape index (κ2) is 48.5. The molecule has 0 spiro atoms. The zero-order valence-corrected chi connectivity index (χ0v) is 74.5. The Hall–Kier alpha value is -5.12. The third-order valence-corrected chi connectivity index (χ3v) is 24.6. The average Bonchev–Trinajstić information content (AvgIpc) is 0.764. The van der Waals surface area contributed by atoms with Crippen LogP contribution in [-0.4, -0.2) is 545 Å². The summed E-state index contributed by atoms with van der Waals surface area (Å²) in [4.78, 5) is 77.3. The first kappa shape index (κ1) is 113. The van der Waals surface area contributed by atoms with Crippen LogP contribution in [0.15, 0.2) is 0 Å². The summed E-state index contributed by atoms with van der Waals surface area (Å²) < 4.78 is 190. The van der Waals surface area contributed by atoms with Gasteiger partial charge < -0.3 is 239 Å². The Labute approximate surface area is 770 Å². The van der Waals surface area contributed by atoms with Crippen LogP contribution in [-0.2, 0) is 148 Å². The van der Waals surface area contributed by atoms with Crippen LogP contribution in [0, 0.1) is 0 Å². The first-order valence-corrected chi connectivity index (χ1v) is 45.0. The van der Waals surface area contributed by atoms with Crippen LogP contribution in [0.5, 0.6) is 0 Å². The molecule has 1 unspecified atom stereocenters. The van der Waals surface area contributed by atoms with E-state index in [1.807, 2.05) is 0 Å². The highest BCUT2D eigenvalue weighted by atomic mass is 32.3. The van der Waals surface area contributed by atoms with Gasteiger partial charge in [0, 0.05) is 41.5 Å². The van der Waals surface area contributed by atoms with Gasteiger partial charge in [0.1, 0.15) is 238 Å². The largest absolute Gasteiger partial charge is 0.397 e. The predicted octanol–water partition coefficient (Wildman–Crippen LogP) is -21.3. The minimum absolute atomic E-state index is 0.865. The van der Waals surface area contributed by atoms with Gasteiger partial charge in [0.25, 0.3) is 0 Å². The van der Waals surface area contributed by atoms with Gasteiger partial charge >= 0.3 is 20.8 Å². The molecule has 10 fully saturated rings. The number of ether oxygens (including phenoxy) is 19. The second-order valence-electron chi connectivity index (χ2n) is 33.5. The quantitative estimate of drug-likeness (QED) is 0.0257. The standard InChI is InChI=1S/C72H120N6O56S2/c1-17-39(92)49(102)52(105)69(116-17)114-16-32-57(43(96)33(63(107)117-32)73-18(2)86)128-64-34(74-19(3)87)46(99)56(28(12-83)120-64)129-70-53(106)60(130-72-62(51(104)41(94)25(9-80)119-72)132-68-36(76-21(5)89)45(98)55(27(11-82)122-68)127-66-38(78-23(7)91)48(101)59(30(14-85)124-66)134-136(111,112)113)42(95)31(125-70)15-115-71-61(50(103)40(93)24(8-79)118-71)131-67-35(75-20(4)88)44(97)54(26(10-81)121-67)126-65-37(77-22(6)90)47(100)58(29(13-84)123-65)133-135(108,109)110/h17,24-72,79-85,92-107H,8-16H2,1-7H3,(H,73,86)(H,74,87)(H,75,88)(H,76,89)(H,77,90)(H,78,91)(H,108,109,110)(H,111,112,113)/t17-,24+,25+,26+,27+,28+,29+,30+,31+,32+,33+,34+,35+,36+,37+,38+,39+,40+,41+,42+,43+,44+,45+,46+,47+,48+,49+,50-,51-,52-,53-,54+,55+,56+,57+,58-,59-,60-,61-,62-,63?,64-,65-,66-,67-,68-,69+,70-,71-,72+/m0/s1. The van der Waals surface area contributed by atoms with Crippen molar-refractivity contribution in [2.45, 2.75) is 355 Å². The molecule has 136 heavy (non-hydrogen) atoms. The zero-order chi connectivity index (χ0) is 101. The average molecular weight is 2030 g/mol. The summed E-state index contributed by atoms with van der Waals surface area (Å²) in [7, 11) is -10.9. The SMILES string of the molecule is CC(=O)N[C@H]1[C@H](O[C@H]2[C@H](O)[C@@H](NC(C)=O)[C@H](O[C@@H]3[C@@H](OC[C@H]4O[C@@H](O[C@H]5[C@H](O)[C@@H](NC(C)=O)[C@H](O[C@H]6[C@H](O)[C@@H](NC(C)=O)C(O)O[C@@H]6CO[C@@H]6O[C@@H](C)[C@@H](O)[C@@H](O)[C@@H]6O)O[C@@H]5CO)[C@@H](O)[C@@H](O[C@H]5O[C@H](CO)[C@@H](O)[C@H](O)[C@@H]5O[C@@H]5O[C@H](CO)[C@@H](O[C@@H]6O[C@H](CO)[C@H](OS(=O)(=O)O)[C@H](O)[C@H]6NC(C)=O)[C@H](O)[C@H]5NC(C)=O)[C@@H]4O)O[C@H](CO)[C@@H](O)[C@@H]3O)O[C@@H]2CO)O[C@H](CO)[C@H](OS(=O)(=O)O)[C@@H]1O. The lowest BCUT2D eigenvalue weighted by atomic mass is 9.93. The van der Waals surface area contributed by atoms with Crippen molar-refractivity contribution in [3.8, 4) is 0 Å². The molecule has 786 valence electrons. The molecule has 0 aromatic carbocycles. The molecule has 10 aliphatic heterocycles. The van der Waals surface area contributed by atoms with Gasteiger partial charge in [0.15, 0.2) is 62.9 Å². The molecule has 64 heteroatoms. The van der Waals surface area contributed by atoms with Crippen molar-refractivity contribution in [3.63, 3.8) is 0 Å². The molecule has 10 heterocycles. The molecular weight excluding hydrogens is 1910 g/mol. The number of aliphatic hydroxyl groups is 23. The van der Waals surface area contributed by atoms with Crippen molar-refractivity contribution in [1.29, 1.82) is 0 Å². The van der Waals surface area contributed by atoms with Gasteiger partial charge in [-0.1, -0.05) is 0 Å². The van der Waals surface area contributed by atoms with Crippen LogP contribution in [0.4, 0.5) is 0 Å². The molecule has 50 atom stereocenters. The number of amides is 6. The number of carbonyl (C=O) groups is 6. The van der Waals surface area contributed by atoms with Crippen LogP contribution >= 0.6 is 0 Å². The van der Waals surface area contributed by atoms with E-state index in [1.54, 1.807) is 0 Å². The Morgan fingerprint density at radius 2 is 0.507 bits per heavy atom. The Morgan fingerprint density at radius 3 is 0.853 bits per heavy atom. The van der Waals surface area contributed by atoms with E-state index in [-0.39, 0.29) is 0 Å². The summed E-state index contributed by atoms with van der Waals surface area (Å²) >= 11 is 0. The van der Waals surface area contributed by atoms with Gasteiger partial charge in [-0.05, 0) is 6.92 Å². The fourth-order valence-electron chi connectivity index (χ4n) is 17.1. The summed E-state index contributed by atoms with van der Waals surface area (Å²) in [5.41, 5.74) is 0. The molecule has 0 bridgehead atoms. The van der Waals surface area contributed by atoms with Crippen molar-refractivity contribution in [2.75, 3.05) is 59.5 Å². The molecule has 10 saturated heterocycles. The summed E-state index contributed by atoms with van der Waals surface area (Å²) in [5, 5.41) is 277. The van der Waals surface area contributed by atoms with Crippen molar-refractivity contribution >= 4 is 56.2 Å². The molecule has 0 aromatic rings. The van der Waals surface area contributed by atoms with E-state index in [4.69, 9.17) is 90.0 Å². The van der Waals surface area contributed by atoms with E-state index in [1.165, 1.54) is 6.92 Å². The second-order valence-corrected chi connectivity index (χ2v) is 35.6.